The van der Waals surface area contributed by atoms with E-state index in [0.717, 1.165) is 0 Å². The molecular formula is C7H9O5P. The molecule has 5 nitrogen and oxygen atoms in total. The number of hydrogen-bond acceptors (Lipinski definition) is 3. The second-order valence-corrected chi connectivity index (χ2v) is 3.51. The summed E-state index contributed by atoms with van der Waals surface area (Å²) >= 11 is 0. The van der Waals surface area contributed by atoms with Gasteiger partial charge in [-0.3, -0.25) is 9.79 Å². The van der Waals surface area contributed by atoms with Crippen LogP contribution < -0.4 is 4.52 Å². The summed E-state index contributed by atoms with van der Waals surface area (Å²) in [5.41, 5.74) is 0.339. The van der Waals surface area contributed by atoms with Crippen molar-refractivity contribution in [3.8, 4) is 5.75 Å². The molecule has 3 N–H and O–H groups in total. The molecule has 0 atom stereocenters. The van der Waals surface area contributed by atoms with Crippen molar-refractivity contribution in [1.82, 2.24) is 0 Å². The van der Waals surface area contributed by atoms with E-state index in [1.54, 1.807) is 12.1 Å². The standard InChI is InChI=1S/C7H9O5P/c8-5-6-3-1-2-4-7(6)12-13(9,10)11/h1-4,8H,5H2,(H2,9,10,11). The molecule has 0 spiro atoms. The Balaban J connectivity index is 2.94. The zero-order valence-electron chi connectivity index (χ0n) is 6.62. The van der Waals surface area contributed by atoms with Gasteiger partial charge in [-0.25, -0.2) is 4.57 Å². The molecule has 0 fully saturated rings. The van der Waals surface area contributed by atoms with E-state index in [0.29, 0.717) is 5.56 Å². The number of benzene rings is 1. The molecule has 0 amide bonds. The van der Waals surface area contributed by atoms with Crippen LogP contribution in [0.4, 0.5) is 0 Å². The highest BCUT2D eigenvalue weighted by atomic mass is 31.2. The lowest BCUT2D eigenvalue weighted by Crippen LogP contribution is -1.94. The SMILES string of the molecule is O=P(O)(O)Oc1ccccc1CO. The Bertz CT molecular complexity index is 331. The van der Waals surface area contributed by atoms with Crippen LogP contribution in [-0.4, -0.2) is 14.9 Å². The topological polar surface area (TPSA) is 87.0 Å². The van der Waals surface area contributed by atoms with Gasteiger partial charge in [0.15, 0.2) is 0 Å². The van der Waals surface area contributed by atoms with Gasteiger partial charge in [0.25, 0.3) is 0 Å². The van der Waals surface area contributed by atoms with Crippen molar-refractivity contribution in [2.75, 3.05) is 0 Å². The third-order valence-corrected chi connectivity index (χ3v) is 1.79. The smallest absolute Gasteiger partial charge is 0.404 e. The minimum Gasteiger partial charge on any atom is -0.404 e. The molecule has 0 radical (unpaired) electrons. The highest BCUT2D eigenvalue weighted by Gasteiger charge is 2.17. The largest absolute Gasteiger partial charge is 0.524 e. The molecule has 0 heterocycles. The van der Waals surface area contributed by atoms with E-state index >= 15 is 0 Å². The Morgan fingerprint density at radius 3 is 2.46 bits per heavy atom. The molecule has 0 saturated heterocycles. The summed E-state index contributed by atoms with van der Waals surface area (Å²) in [5, 5.41) is 8.78. The minimum atomic E-state index is -4.54. The summed E-state index contributed by atoms with van der Waals surface area (Å²) in [6, 6.07) is 6.10. The maximum Gasteiger partial charge on any atom is 0.524 e. The van der Waals surface area contributed by atoms with Gasteiger partial charge in [0.05, 0.1) is 6.61 Å². The van der Waals surface area contributed by atoms with Gasteiger partial charge >= 0.3 is 7.82 Å². The first-order chi connectivity index (χ1) is 6.03. The van der Waals surface area contributed by atoms with E-state index in [4.69, 9.17) is 14.9 Å². The Morgan fingerprint density at radius 1 is 1.31 bits per heavy atom. The van der Waals surface area contributed by atoms with Crippen LogP contribution in [-0.2, 0) is 11.2 Å². The van der Waals surface area contributed by atoms with Gasteiger partial charge < -0.3 is 9.63 Å². The zero-order chi connectivity index (χ0) is 9.90. The summed E-state index contributed by atoms with van der Waals surface area (Å²) in [4.78, 5) is 17.0. The fourth-order valence-corrected chi connectivity index (χ4v) is 1.29. The number of phosphoric ester groups is 1. The van der Waals surface area contributed by atoms with Crippen molar-refractivity contribution in [2.45, 2.75) is 6.61 Å². The van der Waals surface area contributed by atoms with Crippen LogP contribution in [0.25, 0.3) is 0 Å². The number of aliphatic hydroxyl groups excluding tert-OH is 1. The third-order valence-electron chi connectivity index (χ3n) is 1.36. The quantitative estimate of drug-likeness (QED) is 0.629. The van der Waals surface area contributed by atoms with E-state index < -0.39 is 7.82 Å². The van der Waals surface area contributed by atoms with Gasteiger partial charge in [-0.1, -0.05) is 18.2 Å². The molecule has 13 heavy (non-hydrogen) atoms. The number of rotatable bonds is 3. The van der Waals surface area contributed by atoms with Gasteiger partial charge in [-0.15, -0.1) is 0 Å². The Kier molecular flexibility index (Phi) is 3.06. The van der Waals surface area contributed by atoms with E-state index in [2.05, 4.69) is 4.52 Å². The Morgan fingerprint density at radius 2 is 1.92 bits per heavy atom. The van der Waals surface area contributed by atoms with Crippen LogP contribution in [0, 0.1) is 0 Å². The molecule has 0 aliphatic carbocycles. The summed E-state index contributed by atoms with van der Waals surface area (Å²) in [5.74, 6) is -0.00154. The summed E-state index contributed by atoms with van der Waals surface area (Å²) < 4.78 is 14.8. The van der Waals surface area contributed by atoms with Crippen molar-refractivity contribution in [1.29, 1.82) is 0 Å². The second-order valence-electron chi connectivity index (χ2n) is 2.35. The number of phosphoric acid groups is 1. The predicted molar refractivity (Wildman–Crippen MR) is 45.0 cm³/mol. The van der Waals surface area contributed by atoms with Gasteiger partial charge in [0, 0.05) is 5.56 Å². The first kappa shape index (κ1) is 10.2. The highest BCUT2D eigenvalue weighted by Crippen LogP contribution is 2.38. The maximum atomic E-state index is 10.5. The molecule has 1 aromatic rings. The molecule has 0 aliphatic rings. The predicted octanol–water partition coefficient (Wildman–Crippen LogP) is 0.650. The number of aliphatic hydroxyl groups is 1. The normalized spacial score (nSPS) is 11.3. The van der Waals surface area contributed by atoms with Crippen LogP contribution in [0.5, 0.6) is 5.75 Å². The fraction of sp³-hybridized carbons (Fsp3) is 0.143. The zero-order valence-corrected chi connectivity index (χ0v) is 7.52. The van der Waals surface area contributed by atoms with Crippen LogP contribution in [0.1, 0.15) is 5.56 Å². The van der Waals surface area contributed by atoms with Crippen LogP contribution in [0.15, 0.2) is 24.3 Å². The monoisotopic (exact) mass is 204 g/mol. The van der Waals surface area contributed by atoms with E-state index in [1.807, 2.05) is 0 Å². The van der Waals surface area contributed by atoms with Crippen LogP contribution >= 0.6 is 7.82 Å². The van der Waals surface area contributed by atoms with E-state index in [9.17, 15) is 4.57 Å². The first-order valence-electron chi connectivity index (χ1n) is 3.47. The average Bonchev–Trinajstić information content (AvgIpc) is 2.02. The lowest BCUT2D eigenvalue weighted by molar-refractivity contribution is 0.264. The lowest BCUT2D eigenvalue weighted by atomic mass is 10.2. The van der Waals surface area contributed by atoms with Crippen molar-refractivity contribution < 1.29 is 24.0 Å². The van der Waals surface area contributed by atoms with Crippen LogP contribution in [0.3, 0.4) is 0 Å². The van der Waals surface area contributed by atoms with Crippen molar-refractivity contribution in [3.05, 3.63) is 29.8 Å². The van der Waals surface area contributed by atoms with E-state index in [-0.39, 0.29) is 12.4 Å². The highest BCUT2D eigenvalue weighted by molar-refractivity contribution is 7.46. The molecule has 72 valence electrons. The van der Waals surface area contributed by atoms with Gasteiger partial charge in [0.1, 0.15) is 5.75 Å². The average molecular weight is 204 g/mol. The van der Waals surface area contributed by atoms with Gasteiger partial charge in [0.2, 0.25) is 0 Å². The molecule has 0 bridgehead atoms. The summed E-state index contributed by atoms with van der Waals surface area (Å²) in [6.45, 7) is -0.323. The maximum absolute atomic E-state index is 10.5. The molecule has 0 aliphatic heterocycles. The lowest BCUT2D eigenvalue weighted by Gasteiger charge is -2.09. The fourth-order valence-electron chi connectivity index (χ4n) is 0.852. The Labute approximate surface area is 74.8 Å². The second kappa shape index (κ2) is 3.89. The summed E-state index contributed by atoms with van der Waals surface area (Å²) in [7, 11) is -4.54. The summed E-state index contributed by atoms with van der Waals surface area (Å²) in [6.07, 6.45) is 0. The van der Waals surface area contributed by atoms with Crippen LogP contribution in [0.2, 0.25) is 0 Å². The molecule has 1 aromatic carbocycles. The number of hydrogen-bond donors (Lipinski definition) is 3. The van der Waals surface area contributed by atoms with Gasteiger partial charge in [-0.05, 0) is 6.07 Å². The molecule has 0 unspecified atom stereocenters. The third kappa shape index (κ3) is 3.16. The molecular weight excluding hydrogens is 195 g/mol. The van der Waals surface area contributed by atoms with E-state index in [1.165, 1.54) is 12.1 Å². The molecule has 0 aromatic heterocycles. The number of para-hydroxylation sites is 1. The Hall–Kier alpha value is -0.870. The van der Waals surface area contributed by atoms with Gasteiger partial charge in [-0.2, -0.15) is 0 Å². The molecule has 6 heteroatoms. The molecule has 0 saturated carbocycles. The van der Waals surface area contributed by atoms with Crippen molar-refractivity contribution in [2.24, 2.45) is 0 Å². The molecule has 1 rings (SSSR count). The van der Waals surface area contributed by atoms with Crippen molar-refractivity contribution >= 4 is 7.82 Å². The first-order valence-corrected chi connectivity index (χ1v) is 5.00. The minimum absolute atomic E-state index is 0.00154. The van der Waals surface area contributed by atoms with Crippen molar-refractivity contribution in [3.63, 3.8) is 0 Å².